The van der Waals surface area contributed by atoms with Gasteiger partial charge in [0.2, 0.25) is 6.79 Å². The quantitative estimate of drug-likeness (QED) is 0.770. The topological polar surface area (TPSA) is 36.9 Å². The van der Waals surface area contributed by atoms with Crippen LogP contribution in [0.15, 0.2) is 42.5 Å². The van der Waals surface area contributed by atoms with Crippen molar-refractivity contribution in [2.45, 2.75) is 6.29 Å². The molecule has 2 aromatic rings. The highest BCUT2D eigenvalue weighted by atomic mass is 16.7. The molecule has 0 aliphatic carbocycles. The fourth-order valence-electron chi connectivity index (χ4n) is 2.10. The molecular formula is C14H10O4. The summed E-state index contributed by atoms with van der Waals surface area (Å²) in [6.45, 7) is 0.269. The second kappa shape index (κ2) is 3.57. The van der Waals surface area contributed by atoms with Crippen molar-refractivity contribution >= 4 is 0 Å². The Kier molecular flexibility index (Phi) is 1.91. The molecule has 0 fully saturated rings. The third-order valence-corrected chi connectivity index (χ3v) is 2.99. The standard InChI is InChI=1S/C14H10O4/c1-2-4-12-11(3-1)17-14(18-12)9-5-6-10-13(7-9)16-8-15-10/h1-7,14H,8H2. The third-order valence-electron chi connectivity index (χ3n) is 2.99. The molecule has 0 aromatic heterocycles. The minimum absolute atomic E-state index is 0.269. The van der Waals surface area contributed by atoms with Gasteiger partial charge in [-0.3, -0.25) is 0 Å². The molecule has 0 N–H and O–H groups in total. The van der Waals surface area contributed by atoms with Gasteiger partial charge in [0.1, 0.15) is 0 Å². The number of benzene rings is 2. The van der Waals surface area contributed by atoms with Gasteiger partial charge in [-0.25, -0.2) is 0 Å². The molecule has 2 aliphatic rings. The molecule has 4 heteroatoms. The van der Waals surface area contributed by atoms with E-state index >= 15 is 0 Å². The van der Waals surface area contributed by atoms with E-state index in [1.165, 1.54) is 0 Å². The third kappa shape index (κ3) is 1.39. The van der Waals surface area contributed by atoms with Gasteiger partial charge in [-0.15, -0.1) is 0 Å². The molecule has 0 saturated heterocycles. The first-order chi connectivity index (χ1) is 8.90. The summed E-state index contributed by atoms with van der Waals surface area (Å²) in [5, 5.41) is 0. The van der Waals surface area contributed by atoms with Crippen LogP contribution in [0.2, 0.25) is 0 Å². The van der Waals surface area contributed by atoms with Crippen LogP contribution in [0.4, 0.5) is 0 Å². The number of ether oxygens (including phenoxy) is 4. The van der Waals surface area contributed by atoms with Crippen LogP contribution in [0.1, 0.15) is 11.9 Å². The van der Waals surface area contributed by atoms with E-state index in [9.17, 15) is 0 Å². The Labute approximate surface area is 104 Å². The lowest BCUT2D eigenvalue weighted by Gasteiger charge is -2.10. The van der Waals surface area contributed by atoms with Gasteiger partial charge in [0.05, 0.1) is 0 Å². The summed E-state index contributed by atoms with van der Waals surface area (Å²) >= 11 is 0. The van der Waals surface area contributed by atoms with Gasteiger partial charge >= 0.3 is 0 Å². The summed E-state index contributed by atoms with van der Waals surface area (Å²) in [5.74, 6) is 3.02. The van der Waals surface area contributed by atoms with E-state index in [0.29, 0.717) is 0 Å². The molecule has 4 rings (SSSR count). The Morgan fingerprint density at radius 2 is 1.50 bits per heavy atom. The first-order valence-corrected chi connectivity index (χ1v) is 5.72. The number of fused-ring (bicyclic) bond motifs is 2. The van der Waals surface area contributed by atoms with Crippen LogP contribution in [0.5, 0.6) is 23.0 Å². The molecule has 0 amide bonds. The predicted molar refractivity (Wildman–Crippen MR) is 63.0 cm³/mol. The van der Waals surface area contributed by atoms with E-state index in [0.717, 1.165) is 28.6 Å². The highest BCUT2D eigenvalue weighted by molar-refractivity contribution is 5.47. The lowest BCUT2D eigenvalue weighted by Crippen LogP contribution is -2.07. The average Bonchev–Trinajstić information content (AvgIpc) is 3.04. The maximum atomic E-state index is 5.73. The van der Waals surface area contributed by atoms with E-state index < -0.39 is 6.29 Å². The second-order valence-corrected chi connectivity index (χ2v) is 4.13. The maximum Gasteiger partial charge on any atom is 0.268 e. The van der Waals surface area contributed by atoms with Crippen LogP contribution in [-0.2, 0) is 0 Å². The van der Waals surface area contributed by atoms with E-state index in [1.54, 1.807) is 0 Å². The Bertz CT molecular complexity index is 583. The minimum Gasteiger partial charge on any atom is -0.454 e. The summed E-state index contributed by atoms with van der Waals surface area (Å²) < 4.78 is 22.1. The van der Waals surface area contributed by atoms with Crippen LogP contribution in [0.3, 0.4) is 0 Å². The van der Waals surface area contributed by atoms with Crippen LogP contribution in [0.25, 0.3) is 0 Å². The molecule has 2 aromatic carbocycles. The molecular weight excluding hydrogens is 232 g/mol. The van der Waals surface area contributed by atoms with Crippen molar-refractivity contribution in [2.75, 3.05) is 6.79 Å². The molecule has 2 heterocycles. The van der Waals surface area contributed by atoms with E-state index in [-0.39, 0.29) is 6.79 Å². The van der Waals surface area contributed by atoms with Crippen molar-refractivity contribution < 1.29 is 18.9 Å². The summed E-state index contributed by atoms with van der Waals surface area (Å²) in [6.07, 6.45) is -0.420. The molecule has 0 radical (unpaired) electrons. The zero-order valence-electron chi connectivity index (χ0n) is 9.46. The molecule has 0 saturated carbocycles. The zero-order chi connectivity index (χ0) is 11.9. The van der Waals surface area contributed by atoms with Gasteiger partial charge in [0.25, 0.3) is 6.29 Å². The highest BCUT2D eigenvalue weighted by Crippen LogP contribution is 2.42. The van der Waals surface area contributed by atoms with E-state index in [4.69, 9.17) is 18.9 Å². The van der Waals surface area contributed by atoms with Crippen molar-refractivity contribution in [3.63, 3.8) is 0 Å². The lowest BCUT2D eigenvalue weighted by atomic mass is 10.2. The SMILES string of the molecule is c1ccc2c(c1)OC(c1ccc3c(c1)OCO3)O2. The number of para-hydroxylation sites is 2. The fourth-order valence-corrected chi connectivity index (χ4v) is 2.10. The van der Waals surface area contributed by atoms with Crippen molar-refractivity contribution in [1.29, 1.82) is 0 Å². The van der Waals surface area contributed by atoms with Crippen molar-refractivity contribution in [2.24, 2.45) is 0 Å². The molecule has 4 nitrogen and oxygen atoms in total. The summed E-state index contributed by atoms with van der Waals surface area (Å²) in [5.41, 5.74) is 0.912. The van der Waals surface area contributed by atoms with Gasteiger partial charge in [0, 0.05) is 5.56 Å². The molecule has 0 spiro atoms. The number of rotatable bonds is 1. The Morgan fingerprint density at radius 3 is 2.28 bits per heavy atom. The Morgan fingerprint density at radius 1 is 0.778 bits per heavy atom. The van der Waals surface area contributed by atoms with Gasteiger partial charge in [-0.2, -0.15) is 0 Å². The summed E-state index contributed by atoms with van der Waals surface area (Å²) in [7, 11) is 0. The molecule has 18 heavy (non-hydrogen) atoms. The van der Waals surface area contributed by atoms with Crippen LogP contribution in [0, 0.1) is 0 Å². The first kappa shape index (κ1) is 9.65. The second-order valence-electron chi connectivity index (χ2n) is 4.13. The van der Waals surface area contributed by atoms with E-state index in [2.05, 4.69) is 0 Å². The van der Waals surface area contributed by atoms with Gasteiger partial charge < -0.3 is 18.9 Å². The smallest absolute Gasteiger partial charge is 0.268 e. The normalized spacial score (nSPS) is 16.0. The molecule has 0 atom stereocenters. The summed E-state index contributed by atoms with van der Waals surface area (Å²) in [6, 6.07) is 13.3. The Balaban J connectivity index is 1.66. The molecule has 2 aliphatic heterocycles. The average molecular weight is 242 g/mol. The molecule has 90 valence electrons. The number of hydrogen-bond donors (Lipinski definition) is 0. The van der Waals surface area contributed by atoms with Gasteiger partial charge in [0.15, 0.2) is 23.0 Å². The van der Waals surface area contributed by atoms with Gasteiger partial charge in [-0.05, 0) is 30.3 Å². The van der Waals surface area contributed by atoms with Crippen LogP contribution >= 0.6 is 0 Å². The monoisotopic (exact) mass is 242 g/mol. The largest absolute Gasteiger partial charge is 0.454 e. The summed E-state index contributed by atoms with van der Waals surface area (Å²) in [4.78, 5) is 0. The van der Waals surface area contributed by atoms with Crippen LogP contribution < -0.4 is 18.9 Å². The van der Waals surface area contributed by atoms with Gasteiger partial charge in [-0.1, -0.05) is 12.1 Å². The maximum absolute atomic E-state index is 5.73. The highest BCUT2D eigenvalue weighted by Gasteiger charge is 2.27. The minimum atomic E-state index is -0.420. The van der Waals surface area contributed by atoms with Crippen LogP contribution in [-0.4, -0.2) is 6.79 Å². The molecule has 0 bridgehead atoms. The molecule has 0 unspecified atom stereocenters. The lowest BCUT2D eigenvalue weighted by molar-refractivity contribution is 0.0485. The predicted octanol–water partition coefficient (Wildman–Crippen LogP) is 2.89. The van der Waals surface area contributed by atoms with Crippen molar-refractivity contribution in [3.05, 3.63) is 48.0 Å². The van der Waals surface area contributed by atoms with Crippen molar-refractivity contribution in [3.8, 4) is 23.0 Å². The fraction of sp³-hybridized carbons (Fsp3) is 0.143. The zero-order valence-corrected chi connectivity index (χ0v) is 9.46. The Hall–Kier alpha value is -2.36. The first-order valence-electron chi connectivity index (χ1n) is 5.72. The van der Waals surface area contributed by atoms with Crippen molar-refractivity contribution in [1.82, 2.24) is 0 Å². The number of hydrogen-bond acceptors (Lipinski definition) is 4. The van der Waals surface area contributed by atoms with E-state index in [1.807, 2.05) is 42.5 Å².